The Kier molecular flexibility index (Phi) is 10.6. The summed E-state index contributed by atoms with van der Waals surface area (Å²) in [5, 5.41) is 58.8. The molecule has 4 atom stereocenters. The van der Waals surface area contributed by atoms with Gasteiger partial charge in [0.05, 0.1) is 6.61 Å². The summed E-state index contributed by atoms with van der Waals surface area (Å²) in [5.41, 5.74) is 0. The maximum atomic E-state index is 10.5. The second kappa shape index (κ2) is 9.88. The normalized spacial score (nSPS) is 16.8. The van der Waals surface area contributed by atoms with E-state index in [1.54, 1.807) is 0 Å². The van der Waals surface area contributed by atoms with Crippen molar-refractivity contribution >= 4 is 11.8 Å². The van der Waals surface area contributed by atoms with Crippen LogP contribution in [0.2, 0.25) is 0 Å². The molecule has 0 bridgehead atoms. The zero-order valence-corrected chi connectivity index (χ0v) is 9.67. The molecule has 0 saturated carbocycles. The van der Waals surface area contributed by atoms with Gasteiger partial charge in [0.25, 0.3) is 0 Å². The topological polar surface area (TPSA) is 176 Å². The van der Waals surface area contributed by atoms with Crippen LogP contribution in [0, 0.1) is 0 Å². The number of aliphatic hydroxyl groups is 6. The lowest BCUT2D eigenvalue weighted by atomic mass is 10.1. The number of Topliss-reactive ketones (excluding diaryl/α,β-unsaturated/α-hetero) is 1. The van der Waals surface area contributed by atoms with Gasteiger partial charge in [-0.15, -0.1) is 0 Å². The highest BCUT2D eigenvalue weighted by Crippen LogP contribution is 2.00. The van der Waals surface area contributed by atoms with Crippen molar-refractivity contribution < 1.29 is 45.3 Å². The van der Waals surface area contributed by atoms with Crippen molar-refractivity contribution in [3.05, 3.63) is 0 Å². The summed E-state index contributed by atoms with van der Waals surface area (Å²) in [4.78, 5) is 20.0. The molecule has 9 heteroatoms. The quantitative estimate of drug-likeness (QED) is 0.254. The van der Waals surface area contributed by atoms with Gasteiger partial charge in [0.2, 0.25) is 0 Å². The van der Waals surface area contributed by atoms with E-state index in [1.807, 2.05) is 0 Å². The Bertz CT molecular complexity index is 252. The van der Waals surface area contributed by atoms with E-state index < -0.39 is 49.4 Å². The van der Waals surface area contributed by atoms with E-state index >= 15 is 0 Å². The largest absolute Gasteiger partial charge is 0.479 e. The van der Waals surface area contributed by atoms with Crippen LogP contribution in [0.3, 0.4) is 0 Å². The first-order chi connectivity index (χ1) is 8.18. The molecular weight excluding hydrogens is 252 g/mol. The van der Waals surface area contributed by atoms with Crippen LogP contribution < -0.4 is 0 Å². The first-order valence-electron chi connectivity index (χ1n) is 4.88. The molecule has 0 saturated heterocycles. The van der Waals surface area contributed by atoms with Crippen LogP contribution in [0.4, 0.5) is 0 Å². The van der Waals surface area contributed by atoms with Gasteiger partial charge in [0, 0.05) is 0 Å². The Hall–Kier alpha value is -1.10. The molecule has 7 N–H and O–H groups in total. The van der Waals surface area contributed by atoms with Crippen LogP contribution in [-0.2, 0) is 9.59 Å². The van der Waals surface area contributed by atoms with Gasteiger partial charge in [0.1, 0.15) is 31.0 Å². The number of carboxylic acids is 1. The number of aliphatic carboxylic acids is 1. The van der Waals surface area contributed by atoms with Crippen molar-refractivity contribution in [2.24, 2.45) is 0 Å². The third-order valence-corrected chi connectivity index (χ3v) is 1.75. The highest BCUT2D eigenvalue weighted by Gasteiger charge is 2.28. The Morgan fingerprint density at radius 2 is 1.44 bits per heavy atom. The monoisotopic (exact) mass is 270 g/mol. The zero-order chi connectivity index (χ0) is 14.9. The van der Waals surface area contributed by atoms with E-state index in [0.29, 0.717) is 0 Å². The van der Waals surface area contributed by atoms with E-state index in [9.17, 15) is 9.59 Å². The highest BCUT2D eigenvalue weighted by molar-refractivity contribution is 5.84. The maximum absolute atomic E-state index is 10.5. The van der Waals surface area contributed by atoms with Crippen LogP contribution >= 0.6 is 0 Å². The second-order valence-corrected chi connectivity index (χ2v) is 3.32. The van der Waals surface area contributed by atoms with E-state index in [4.69, 9.17) is 35.7 Å². The molecule has 0 aromatic rings. The van der Waals surface area contributed by atoms with Crippen molar-refractivity contribution in [3.8, 4) is 0 Å². The fourth-order valence-corrected chi connectivity index (χ4v) is 0.602. The zero-order valence-electron chi connectivity index (χ0n) is 9.67. The lowest BCUT2D eigenvalue weighted by Gasteiger charge is -2.19. The number of aliphatic hydroxyl groups excluding tert-OH is 6. The second-order valence-electron chi connectivity index (χ2n) is 3.32. The SMILES string of the molecule is CC(O)C(=O)O.O=C(CO)[C@H](O)[C@@H](O)[C@H](O)CO. The van der Waals surface area contributed by atoms with Gasteiger partial charge < -0.3 is 35.7 Å². The summed E-state index contributed by atoms with van der Waals surface area (Å²) >= 11 is 0. The Labute approximate surface area is 103 Å². The van der Waals surface area contributed by atoms with Gasteiger partial charge in [-0.25, -0.2) is 4.79 Å². The lowest BCUT2D eigenvalue weighted by molar-refractivity contribution is -0.145. The van der Waals surface area contributed by atoms with Crippen LogP contribution in [0.1, 0.15) is 6.92 Å². The van der Waals surface area contributed by atoms with Crippen LogP contribution in [0.25, 0.3) is 0 Å². The molecule has 0 heterocycles. The standard InChI is InChI=1S/C6H12O6.C3H6O3/c7-1-3(9)5(11)6(12)4(10)2-8;1-2(4)3(5)6/h3,5-9,11-12H,1-2H2;2,4H,1H3,(H,5,6)/t3-,5+,6+;/m1./s1. The predicted molar refractivity (Wildman–Crippen MR) is 56.5 cm³/mol. The molecule has 9 nitrogen and oxygen atoms in total. The van der Waals surface area contributed by atoms with E-state index in [1.165, 1.54) is 6.92 Å². The summed E-state index contributed by atoms with van der Waals surface area (Å²) in [7, 11) is 0. The highest BCUT2D eigenvalue weighted by atomic mass is 16.4. The molecule has 1 unspecified atom stereocenters. The fourth-order valence-electron chi connectivity index (χ4n) is 0.602. The smallest absolute Gasteiger partial charge is 0.332 e. The molecule has 18 heavy (non-hydrogen) atoms. The van der Waals surface area contributed by atoms with Gasteiger partial charge in [0.15, 0.2) is 5.78 Å². The van der Waals surface area contributed by atoms with E-state index in [2.05, 4.69) is 0 Å². The summed E-state index contributed by atoms with van der Waals surface area (Å²) in [6, 6.07) is 0. The third kappa shape index (κ3) is 8.06. The van der Waals surface area contributed by atoms with Crippen molar-refractivity contribution in [1.82, 2.24) is 0 Å². The van der Waals surface area contributed by atoms with Crippen LogP contribution in [0.5, 0.6) is 0 Å². The number of rotatable bonds is 6. The molecule has 0 rings (SSSR count). The first-order valence-corrected chi connectivity index (χ1v) is 4.88. The molecule has 0 fully saturated rings. The predicted octanol–water partition coefficient (Wildman–Crippen LogP) is -3.93. The molecular formula is C9H18O9. The fraction of sp³-hybridized carbons (Fsp3) is 0.778. The third-order valence-electron chi connectivity index (χ3n) is 1.75. The molecule has 0 spiro atoms. The van der Waals surface area contributed by atoms with Gasteiger partial charge in [-0.1, -0.05) is 0 Å². The summed E-state index contributed by atoms with van der Waals surface area (Å²) < 4.78 is 0. The minimum atomic E-state index is -1.86. The van der Waals surface area contributed by atoms with Crippen molar-refractivity contribution in [2.45, 2.75) is 31.3 Å². The molecule has 0 aromatic carbocycles. The Morgan fingerprint density at radius 3 is 1.67 bits per heavy atom. The molecule has 0 aliphatic carbocycles. The molecule has 0 amide bonds. The number of carbonyl (C=O) groups excluding carboxylic acids is 1. The number of carboxylic acid groups (broad SMARTS) is 1. The van der Waals surface area contributed by atoms with Crippen molar-refractivity contribution in [3.63, 3.8) is 0 Å². The Morgan fingerprint density at radius 1 is 1.06 bits per heavy atom. The maximum Gasteiger partial charge on any atom is 0.332 e. The number of carbonyl (C=O) groups is 2. The molecule has 108 valence electrons. The molecule has 0 aliphatic rings. The van der Waals surface area contributed by atoms with Gasteiger partial charge in [-0.05, 0) is 6.92 Å². The number of hydrogen-bond donors (Lipinski definition) is 7. The van der Waals surface area contributed by atoms with Gasteiger partial charge in [-0.2, -0.15) is 0 Å². The lowest BCUT2D eigenvalue weighted by Crippen LogP contribution is -2.44. The minimum absolute atomic E-state index is 0.767. The van der Waals surface area contributed by atoms with Crippen LogP contribution in [-0.4, -0.2) is 85.1 Å². The van der Waals surface area contributed by atoms with Crippen molar-refractivity contribution in [1.29, 1.82) is 0 Å². The summed E-state index contributed by atoms with van der Waals surface area (Å²) in [6.45, 7) is -0.490. The summed E-state index contributed by atoms with van der Waals surface area (Å²) in [5.74, 6) is -2.19. The summed E-state index contributed by atoms with van der Waals surface area (Å²) in [6.07, 6.45) is -6.45. The van der Waals surface area contributed by atoms with Crippen molar-refractivity contribution in [2.75, 3.05) is 13.2 Å². The molecule has 0 radical (unpaired) electrons. The van der Waals surface area contributed by atoms with E-state index in [-0.39, 0.29) is 0 Å². The number of ketones is 1. The first kappa shape index (κ1) is 19.2. The average molecular weight is 270 g/mol. The van der Waals surface area contributed by atoms with Gasteiger partial charge in [-0.3, -0.25) is 4.79 Å². The average Bonchev–Trinajstić information content (AvgIpc) is 2.35. The van der Waals surface area contributed by atoms with Gasteiger partial charge >= 0.3 is 5.97 Å². The molecule has 0 aromatic heterocycles. The number of hydrogen-bond acceptors (Lipinski definition) is 8. The van der Waals surface area contributed by atoms with E-state index in [0.717, 1.165) is 0 Å². The Balaban J connectivity index is 0. The van der Waals surface area contributed by atoms with Crippen LogP contribution in [0.15, 0.2) is 0 Å². The molecule has 0 aliphatic heterocycles. The minimum Gasteiger partial charge on any atom is -0.479 e.